The lowest BCUT2D eigenvalue weighted by molar-refractivity contribution is -0.0591. The summed E-state index contributed by atoms with van der Waals surface area (Å²) in [5.41, 5.74) is 2.05. The molecule has 0 aliphatic heterocycles. The molecule has 1 amide bonds. The van der Waals surface area contributed by atoms with Crippen molar-refractivity contribution in [2.45, 2.75) is 26.4 Å². The molecular formula is C11H14N2O3. The zero-order chi connectivity index (χ0) is 12.2. The van der Waals surface area contributed by atoms with Crippen LogP contribution in [0.15, 0.2) is 18.3 Å². The molecule has 1 N–H and O–H groups in total. The Kier molecular flexibility index (Phi) is 3.73. The molecule has 0 aliphatic rings. The molecule has 0 atom stereocenters. The number of hydrogen-bond acceptors (Lipinski definition) is 4. The predicted molar refractivity (Wildman–Crippen MR) is 57.9 cm³/mol. The van der Waals surface area contributed by atoms with E-state index in [0.717, 1.165) is 0 Å². The zero-order valence-electron chi connectivity index (χ0n) is 9.48. The number of amides is 1. The summed E-state index contributed by atoms with van der Waals surface area (Å²) in [5.74, 6) is -0.530. The van der Waals surface area contributed by atoms with Crippen LogP contribution < -0.4 is 5.48 Å². The van der Waals surface area contributed by atoms with Crippen LogP contribution in [0.3, 0.4) is 0 Å². The third kappa shape index (κ3) is 3.43. The van der Waals surface area contributed by atoms with Gasteiger partial charge in [-0.1, -0.05) is 0 Å². The van der Waals surface area contributed by atoms with E-state index < -0.39 is 11.5 Å². The molecule has 0 spiro atoms. The van der Waals surface area contributed by atoms with Crippen LogP contribution in [0.1, 0.15) is 41.6 Å². The SMILES string of the molecule is CC(C)(C)ONC(=O)c1ncccc1C=O. The van der Waals surface area contributed by atoms with Gasteiger partial charge in [0.2, 0.25) is 0 Å². The molecule has 1 aromatic heterocycles. The Hall–Kier alpha value is -1.75. The van der Waals surface area contributed by atoms with E-state index in [1.165, 1.54) is 12.3 Å². The van der Waals surface area contributed by atoms with E-state index in [2.05, 4.69) is 10.5 Å². The van der Waals surface area contributed by atoms with Gasteiger partial charge in [0.05, 0.1) is 5.60 Å². The number of rotatable bonds is 3. The average Bonchev–Trinajstić information content (AvgIpc) is 2.25. The van der Waals surface area contributed by atoms with Gasteiger partial charge in [-0.25, -0.2) is 5.48 Å². The first kappa shape index (κ1) is 12.3. The minimum atomic E-state index is -0.530. The van der Waals surface area contributed by atoms with Crippen molar-refractivity contribution in [3.05, 3.63) is 29.6 Å². The van der Waals surface area contributed by atoms with E-state index in [4.69, 9.17) is 4.84 Å². The van der Waals surface area contributed by atoms with E-state index in [1.807, 2.05) is 0 Å². The summed E-state index contributed by atoms with van der Waals surface area (Å²) in [4.78, 5) is 31.2. The van der Waals surface area contributed by atoms with Crippen molar-refractivity contribution in [2.75, 3.05) is 0 Å². The van der Waals surface area contributed by atoms with Crippen LogP contribution in [0.5, 0.6) is 0 Å². The highest BCUT2D eigenvalue weighted by Gasteiger charge is 2.16. The second-order valence-electron chi connectivity index (χ2n) is 4.20. The molecule has 5 nitrogen and oxygen atoms in total. The molecule has 0 saturated heterocycles. The Morgan fingerprint density at radius 3 is 2.75 bits per heavy atom. The van der Waals surface area contributed by atoms with Crippen LogP contribution in [0, 0.1) is 0 Å². The molecule has 86 valence electrons. The lowest BCUT2D eigenvalue weighted by atomic mass is 10.2. The van der Waals surface area contributed by atoms with Crippen molar-refractivity contribution in [3.8, 4) is 0 Å². The van der Waals surface area contributed by atoms with Crippen LogP contribution >= 0.6 is 0 Å². The number of nitrogens with zero attached hydrogens (tertiary/aromatic N) is 1. The fraction of sp³-hybridized carbons (Fsp3) is 0.364. The van der Waals surface area contributed by atoms with Gasteiger partial charge >= 0.3 is 0 Å². The molecular weight excluding hydrogens is 208 g/mol. The second kappa shape index (κ2) is 4.85. The number of aldehydes is 1. The first-order valence-corrected chi connectivity index (χ1v) is 4.82. The van der Waals surface area contributed by atoms with E-state index in [1.54, 1.807) is 26.8 Å². The Balaban J connectivity index is 2.77. The molecule has 1 aromatic rings. The van der Waals surface area contributed by atoms with Crippen molar-refractivity contribution in [1.29, 1.82) is 0 Å². The van der Waals surface area contributed by atoms with Crippen LogP contribution in [0.25, 0.3) is 0 Å². The van der Waals surface area contributed by atoms with Gasteiger partial charge in [0.15, 0.2) is 6.29 Å². The summed E-state index contributed by atoms with van der Waals surface area (Å²) in [5, 5.41) is 0. The highest BCUT2D eigenvalue weighted by atomic mass is 16.7. The van der Waals surface area contributed by atoms with Gasteiger partial charge in [0.25, 0.3) is 5.91 Å². The number of carbonyl (C=O) groups is 2. The normalized spacial score (nSPS) is 10.9. The van der Waals surface area contributed by atoms with Gasteiger partial charge in [-0.3, -0.25) is 19.4 Å². The van der Waals surface area contributed by atoms with Gasteiger partial charge in [0.1, 0.15) is 5.69 Å². The summed E-state index contributed by atoms with van der Waals surface area (Å²) < 4.78 is 0. The van der Waals surface area contributed by atoms with Crippen LogP contribution in [-0.4, -0.2) is 22.8 Å². The maximum absolute atomic E-state index is 11.6. The molecule has 16 heavy (non-hydrogen) atoms. The Morgan fingerprint density at radius 1 is 1.50 bits per heavy atom. The smallest absolute Gasteiger partial charge is 0.294 e. The second-order valence-corrected chi connectivity index (χ2v) is 4.20. The topological polar surface area (TPSA) is 68.3 Å². The highest BCUT2D eigenvalue weighted by molar-refractivity contribution is 5.99. The molecule has 1 heterocycles. The summed E-state index contributed by atoms with van der Waals surface area (Å²) in [7, 11) is 0. The zero-order valence-corrected chi connectivity index (χ0v) is 9.48. The maximum atomic E-state index is 11.6. The molecule has 0 aliphatic carbocycles. The lowest BCUT2D eigenvalue weighted by Gasteiger charge is -2.18. The van der Waals surface area contributed by atoms with Gasteiger partial charge in [0, 0.05) is 11.8 Å². The Labute approximate surface area is 93.8 Å². The van der Waals surface area contributed by atoms with Crippen molar-refractivity contribution in [1.82, 2.24) is 10.5 Å². The number of aromatic nitrogens is 1. The summed E-state index contributed by atoms with van der Waals surface area (Å²) >= 11 is 0. The third-order valence-electron chi connectivity index (χ3n) is 1.63. The van der Waals surface area contributed by atoms with Crippen molar-refractivity contribution in [3.63, 3.8) is 0 Å². The van der Waals surface area contributed by atoms with Gasteiger partial charge in [-0.15, -0.1) is 0 Å². The molecule has 0 unspecified atom stereocenters. The molecule has 0 fully saturated rings. The first-order chi connectivity index (χ1) is 7.44. The van der Waals surface area contributed by atoms with Crippen LogP contribution in [-0.2, 0) is 4.84 Å². The number of hydroxylamine groups is 1. The molecule has 0 saturated carbocycles. The number of pyridine rings is 1. The van der Waals surface area contributed by atoms with E-state index in [9.17, 15) is 9.59 Å². The van der Waals surface area contributed by atoms with Crippen LogP contribution in [0.4, 0.5) is 0 Å². The van der Waals surface area contributed by atoms with Crippen molar-refractivity contribution >= 4 is 12.2 Å². The summed E-state index contributed by atoms with van der Waals surface area (Å²) in [6.45, 7) is 5.39. The summed E-state index contributed by atoms with van der Waals surface area (Å²) in [6, 6.07) is 3.11. The number of carbonyl (C=O) groups excluding carboxylic acids is 2. The Bertz CT molecular complexity index is 396. The molecule has 5 heteroatoms. The van der Waals surface area contributed by atoms with Gasteiger partial charge < -0.3 is 0 Å². The average molecular weight is 222 g/mol. The molecule has 0 radical (unpaired) electrons. The number of nitrogens with one attached hydrogen (secondary N) is 1. The Morgan fingerprint density at radius 2 is 2.19 bits per heavy atom. The van der Waals surface area contributed by atoms with Crippen molar-refractivity contribution in [2.24, 2.45) is 0 Å². The minimum absolute atomic E-state index is 0.0572. The predicted octanol–water partition coefficient (Wildman–Crippen LogP) is 1.35. The fourth-order valence-electron chi connectivity index (χ4n) is 0.950. The highest BCUT2D eigenvalue weighted by Crippen LogP contribution is 2.06. The fourth-order valence-corrected chi connectivity index (χ4v) is 0.950. The minimum Gasteiger partial charge on any atom is -0.298 e. The monoisotopic (exact) mass is 222 g/mol. The van der Waals surface area contributed by atoms with E-state index in [0.29, 0.717) is 6.29 Å². The van der Waals surface area contributed by atoms with E-state index >= 15 is 0 Å². The summed E-state index contributed by atoms with van der Waals surface area (Å²) in [6.07, 6.45) is 2.03. The van der Waals surface area contributed by atoms with Gasteiger partial charge in [-0.05, 0) is 32.9 Å². The molecule has 0 bridgehead atoms. The van der Waals surface area contributed by atoms with Crippen LogP contribution in [0.2, 0.25) is 0 Å². The maximum Gasteiger partial charge on any atom is 0.294 e. The largest absolute Gasteiger partial charge is 0.298 e. The third-order valence-corrected chi connectivity index (χ3v) is 1.63. The molecule has 1 rings (SSSR count). The quantitative estimate of drug-likeness (QED) is 0.619. The van der Waals surface area contributed by atoms with E-state index in [-0.39, 0.29) is 11.3 Å². The van der Waals surface area contributed by atoms with Gasteiger partial charge in [-0.2, -0.15) is 0 Å². The van der Waals surface area contributed by atoms with Crippen molar-refractivity contribution < 1.29 is 14.4 Å². The number of hydrogen-bond donors (Lipinski definition) is 1. The lowest BCUT2D eigenvalue weighted by Crippen LogP contribution is -2.34. The first-order valence-electron chi connectivity index (χ1n) is 4.82. The standard InChI is InChI=1S/C11H14N2O3/c1-11(2,3)16-13-10(15)9-8(7-14)5-4-6-12-9/h4-7H,1-3H3,(H,13,15). The molecule has 0 aromatic carbocycles.